The second-order valence-corrected chi connectivity index (χ2v) is 3.20. The van der Waals surface area contributed by atoms with Crippen LogP contribution in [-0.2, 0) is 16.0 Å². The Morgan fingerprint density at radius 1 is 1.53 bits per heavy atom. The van der Waals surface area contributed by atoms with Gasteiger partial charge in [-0.1, -0.05) is 17.7 Å². The number of hydrogen-bond donors (Lipinski definition) is 0. The Morgan fingerprint density at radius 2 is 2.27 bits per heavy atom. The molecule has 0 radical (unpaired) electrons. The second-order valence-electron chi connectivity index (χ2n) is 2.80. The van der Waals surface area contributed by atoms with Crippen molar-refractivity contribution in [3.8, 4) is 0 Å². The number of isocyanates is 1. The zero-order chi connectivity index (χ0) is 11.3. The number of carbonyl (C=O) groups is 1. The summed E-state index contributed by atoms with van der Waals surface area (Å²) in [5, 5.41) is 0.262. The average Bonchev–Trinajstić information content (AvgIpc) is 2.17. The van der Waals surface area contributed by atoms with E-state index in [0.29, 0.717) is 0 Å². The number of carbonyl (C=O) groups excluding carboxylic acids is 2. The normalized spacial score (nSPS) is 9.47. The predicted molar refractivity (Wildman–Crippen MR) is 52.9 cm³/mol. The van der Waals surface area contributed by atoms with Crippen LogP contribution in [-0.4, -0.2) is 12.0 Å². The fourth-order valence-electron chi connectivity index (χ4n) is 1.11. The molecule has 0 aliphatic carbocycles. The van der Waals surface area contributed by atoms with Gasteiger partial charge in [0.1, 0.15) is 5.82 Å². The van der Waals surface area contributed by atoms with E-state index in [4.69, 9.17) is 11.6 Å². The lowest BCUT2D eigenvalue weighted by molar-refractivity contribution is -0.117. The molecule has 0 saturated heterocycles. The van der Waals surface area contributed by atoms with Gasteiger partial charge in [0, 0.05) is 17.0 Å². The maximum absolute atomic E-state index is 13.2. The van der Waals surface area contributed by atoms with Gasteiger partial charge in [-0.25, -0.2) is 9.18 Å². The lowest BCUT2D eigenvalue weighted by Crippen LogP contribution is -1.99. The van der Waals surface area contributed by atoms with Crippen LogP contribution in [0.1, 0.15) is 12.0 Å². The number of benzene rings is 1. The molecule has 15 heavy (non-hydrogen) atoms. The van der Waals surface area contributed by atoms with E-state index < -0.39 is 11.7 Å². The smallest absolute Gasteiger partial charge is 0.256 e. The van der Waals surface area contributed by atoms with Crippen molar-refractivity contribution >= 4 is 23.6 Å². The topological polar surface area (TPSA) is 46.5 Å². The summed E-state index contributed by atoms with van der Waals surface area (Å²) >= 11 is 5.73. The van der Waals surface area contributed by atoms with Crippen LogP contribution < -0.4 is 0 Å². The van der Waals surface area contributed by atoms with Crippen LogP contribution in [0, 0.1) is 5.82 Å². The van der Waals surface area contributed by atoms with Crippen LogP contribution in [0.25, 0.3) is 0 Å². The van der Waals surface area contributed by atoms with Gasteiger partial charge in [-0.3, -0.25) is 4.79 Å². The van der Waals surface area contributed by atoms with E-state index in [9.17, 15) is 14.0 Å². The summed E-state index contributed by atoms with van der Waals surface area (Å²) < 4.78 is 13.2. The lowest BCUT2D eigenvalue weighted by atomic mass is 10.1. The summed E-state index contributed by atoms with van der Waals surface area (Å²) in [7, 11) is 0. The summed E-state index contributed by atoms with van der Waals surface area (Å²) in [4.78, 5) is 23.5. The van der Waals surface area contributed by atoms with E-state index in [-0.39, 0.29) is 23.4 Å². The van der Waals surface area contributed by atoms with Gasteiger partial charge in [-0.2, -0.15) is 0 Å². The number of nitrogens with zero attached hydrogens (tertiary/aromatic N) is 1. The van der Waals surface area contributed by atoms with Crippen molar-refractivity contribution in [1.82, 2.24) is 0 Å². The molecule has 0 aromatic heterocycles. The second kappa shape index (κ2) is 5.39. The zero-order valence-electron chi connectivity index (χ0n) is 7.67. The Morgan fingerprint density at radius 3 is 2.87 bits per heavy atom. The van der Waals surface area contributed by atoms with Crippen LogP contribution in [0.3, 0.4) is 0 Å². The van der Waals surface area contributed by atoms with Crippen molar-refractivity contribution in [3.63, 3.8) is 0 Å². The lowest BCUT2D eigenvalue weighted by Gasteiger charge is -2.02. The van der Waals surface area contributed by atoms with Crippen molar-refractivity contribution < 1.29 is 14.0 Å². The Labute approximate surface area is 90.6 Å². The van der Waals surface area contributed by atoms with Crippen LogP contribution in [0.2, 0.25) is 5.02 Å². The molecule has 0 atom stereocenters. The summed E-state index contributed by atoms with van der Waals surface area (Å²) in [5.74, 6) is -1.10. The number of rotatable bonds is 3. The average molecular weight is 228 g/mol. The fourth-order valence-corrected chi connectivity index (χ4v) is 1.37. The van der Waals surface area contributed by atoms with Crippen molar-refractivity contribution in [2.75, 3.05) is 0 Å². The van der Waals surface area contributed by atoms with E-state index in [1.165, 1.54) is 18.2 Å². The first-order chi connectivity index (χ1) is 7.15. The Bertz CT molecular complexity index is 407. The Hall–Kier alpha value is -1.51. The van der Waals surface area contributed by atoms with Gasteiger partial charge in [0.15, 0.2) is 0 Å². The zero-order valence-corrected chi connectivity index (χ0v) is 8.42. The third-order valence-corrected chi connectivity index (χ3v) is 2.18. The SMILES string of the molecule is O=C=NC(=O)CCc1c(F)cccc1Cl. The monoisotopic (exact) mass is 227 g/mol. The molecule has 0 heterocycles. The van der Waals surface area contributed by atoms with Crippen LogP contribution >= 0.6 is 11.6 Å². The van der Waals surface area contributed by atoms with Crippen molar-refractivity contribution in [2.24, 2.45) is 4.99 Å². The fraction of sp³-hybridized carbons (Fsp3) is 0.200. The molecule has 5 heteroatoms. The Kier molecular flexibility index (Phi) is 4.16. The molecule has 0 aliphatic rings. The molecule has 0 unspecified atom stereocenters. The molecule has 1 amide bonds. The molecule has 0 saturated carbocycles. The molecule has 3 nitrogen and oxygen atoms in total. The van der Waals surface area contributed by atoms with Crippen molar-refractivity contribution in [1.29, 1.82) is 0 Å². The first-order valence-corrected chi connectivity index (χ1v) is 4.56. The highest BCUT2D eigenvalue weighted by molar-refractivity contribution is 6.31. The van der Waals surface area contributed by atoms with Gasteiger partial charge < -0.3 is 0 Å². The first-order valence-electron chi connectivity index (χ1n) is 4.18. The molecular weight excluding hydrogens is 221 g/mol. The molecule has 78 valence electrons. The third-order valence-electron chi connectivity index (χ3n) is 1.82. The van der Waals surface area contributed by atoms with E-state index >= 15 is 0 Å². The number of aliphatic imine (C=N–C) groups is 1. The van der Waals surface area contributed by atoms with E-state index in [0.717, 1.165) is 6.08 Å². The minimum Gasteiger partial charge on any atom is -0.272 e. The number of amides is 1. The van der Waals surface area contributed by atoms with Gasteiger partial charge in [0.25, 0.3) is 5.91 Å². The highest BCUT2D eigenvalue weighted by atomic mass is 35.5. The maximum Gasteiger partial charge on any atom is 0.256 e. The predicted octanol–water partition coefficient (Wildman–Crippen LogP) is 2.27. The number of halogens is 2. The summed E-state index contributed by atoms with van der Waals surface area (Å²) in [6, 6.07) is 4.27. The van der Waals surface area contributed by atoms with Crippen LogP contribution in [0.5, 0.6) is 0 Å². The van der Waals surface area contributed by atoms with E-state index in [1.807, 2.05) is 0 Å². The molecular formula is C10H7ClFNO2. The third kappa shape index (κ3) is 3.27. The van der Waals surface area contributed by atoms with Gasteiger partial charge in [-0.15, -0.1) is 4.99 Å². The van der Waals surface area contributed by atoms with Crippen molar-refractivity contribution in [3.05, 3.63) is 34.6 Å². The summed E-state index contributed by atoms with van der Waals surface area (Å²) in [6.07, 6.45) is 1.19. The van der Waals surface area contributed by atoms with Crippen molar-refractivity contribution in [2.45, 2.75) is 12.8 Å². The first kappa shape index (κ1) is 11.6. The van der Waals surface area contributed by atoms with Gasteiger partial charge >= 0.3 is 0 Å². The molecule has 1 rings (SSSR count). The highest BCUT2D eigenvalue weighted by Crippen LogP contribution is 2.20. The van der Waals surface area contributed by atoms with Gasteiger partial charge in [-0.05, 0) is 18.6 Å². The molecule has 0 fully saturated rings. The molecule has 1 aromatic carbocycles. The maximum atomic E-state index is 13.2. The molecule has 0 aliphatic heterocycles. The van der Waals surface area contributed by atoms with Crippen LogP contribution in [0.15, 0.2) is 23.2 Å². The molecule has 1 aromatic rings. The molecule has 0 bridgehead atoms. The minimum absolute atomic E-state index is 0.0596. The van der Waals surface area contributed by atoms with Crippen LogP contribution in [0.4, 0.5) is 4.39 Å². The Balaban J connectivity index is 2.73. The van der Waals surface area contributed by atoms with Gasteiger partial charge in [0.2, 0.25) is 6.08 Å². The standard InChI is InChI=1S/C10H7ClFNO2/c11-8-2-1-3-9(12)7(8)4-5-10(15)13-6-14/h1-3H,4-5H2. The molecule has 0 N–H and O–H groups in total. The minimum atomic E-state index is -0.635. The van der Waals surface area contributed by atoms with E-state index in [2.05, 4.69) is 4.99 Å². The number of hydrogen-bond acceptors (Lipinski definition) is 2. The summed E-state index contributed by atoms with van der Waals surface area (Å²) in [5.41, 5.74) is 0.258. The summed E-state index contributed by atoms with van der Waals surface area (Å²) in [6.45, 7) is 0. The quantitative estimate of drug-likeness (QED) is 0.587. The molecule has 0 spiro atoms. The van der Waals surface area contributed by atoms with E-state index in [1.54, 1.807) is 0 Å². The largest absolute Gasteiger partial charge is 0.272 e. The van der Waals surface area contributed by atoms with Gasteiger partial charge in [0.05, 0.1) is 0 Å². The highest BCUT2D eigenvalue weighted by Gasteiger charge is 2.08.